The monoisotopic (exact) mass is 417 g/mol. The summed E-state index contributed by atoms with van der Waals surface area (Å²) in [5.74, 6) is 2.28. The molecule has 1 fully saturated rings. The zero-order valence-corrected chi connectivity index (χ0v) is 16.9. The second kappa shape index (κ2) is 7.54. The molecule has 0 aliphatic carbocycles. The van der Waals surface area contributed by atoms with Crippen molar-refractivity contribution in [3.63, 3.8) is 0 Å². The van der Waals surface area contributed by atoms with Crippen LogP contribution in [0.1, 0.15) is 5.82 Å². The SMILES string of the molecule is Cc1nc(N2CCN(S(=O)(=O)c3ccc(Cl)cc3)CC2)cc(-n2cccc2)n1. The molecule has 0 atom stereocenters. The lowest BCUT2D eigenvalue weighted by Crippen LogP contribution is -2.49. The predicted molar refractivity (Wildman–Crippen MR) is 109 cm³/mol. The molecule has 0 N–H and O–H groups in total. The molecule has 3 heterocycles. The van der Waals surface area contributed by atoms with Crippen LogP contribution in [0.4, 0.5) is 5.82 Å². The molecule has 0 bridgehead atoms. The van der Waals surface area contributed by atoms with Crippen LogP contribution in [0.2, 0.25) is 5.02 Å². The average molecular weight is 418 g/mol. The molecular weight excluding hydrogens is 398 g/mol. The molecule has 146 valence electrons. The second-order valence-corrected chi connectivity index (χ2v) is 8.94. The van der Waals surface area contributed by atoms with Gasteiger partial charge < -0.3 is 9.47 Å². The number of hydrogen-bond acceptors (Lipinski definition) is 5. The zero-order chi connectivity index (χ0) is 19.7. The number of benzene rings is 1. The van der Waals surface area contributed by atoms with Gasteiger partial charge in [-0.1, -0.05) is 11.6 Å². The van der Waals surface area contributed by atoms with Gasteiger partial charge in [0.15, 0.2) is 0 Å². The maximum Gasteiger partial charge on any atom is 0.243 e. The van der Waals surface area contributed by atoms with E-state index in [1.807, 2.05) is 42.1 Å². The quantitative estimate of drug-likeness (QED) is 0.652. The Labute approximate surface area is 169 Å². The summed E-state index contributed by atoms with van der Waals surface area (Å²) in [6.45, 7) is 3.78. The number of sulfonamides is 1. The van der Waals surface area contributed by atoms with Crippen LogP contribution in [0.15, 0.2) is 59.8 Å². The van der Waals surface area contributed by atoms with Gasteiger partial charge in [0.1, 0.15) is 17.5 Å². The van der Waals surface area contributed by atoms with Crippen molar-refractivity contribution in [2.24, 2.45) is 0 Å². The molecule has 9 heteroatoms. The highest BCUT2D eigenvalue weighted by Crippen LogP contribution is 2.22. The molecule has 3 aromatic rings. The van der Waals surface area contributed by atoms with Crippen LogP contribution in [-0.4, -0.2) is 53.4 Å². The van der Waals surface area contributed by atoms with Crippen LogP contribution >= 0.6 is 11.6 Å². The Morgan fingerprint density at radius 2 is 1.54 bits per heavy atom. The predicted octanol–water partition coefficient (Wildman–Crippen LogP) is 2.74. The number of piperazine rings is 1. The van der Waals surface area contributed by atoms with E-state index >= 15 is 0 Å². The average Bonchev–Trinajstić information content (AvgIpc) is 3.23. The molecule has 4 rings (SSSR count). The van der Waals surface area contributed by atoms with E-state index in [2.05, 4.69) is 14.9 Å². The molecular formula is C19H20ClN5O2S. The number of nitrogens with zero attached hydrogens (tertiary/aromatic N) is 5. The summed E-state index contributed by atoms with van der Waals surface area (Å²) >= 11 is 5.87. The van der Waals surface area contributed by atoms with Crippen molar-refractivity contribution in [2.75, 3.05) is 31.1 Å². The van der Waals surface area contributed by atoms with Gasteiger partial charge in [0.2, 0.25) is 10.0 Å². The summed E-state index contributed by atoms with van der Waals surface area (Å²) in [4.78, 5) is 11.4. The third kappa shape index (κ3) is 3.76. The summed E-state index contributed by atoms with van der Waals surface area (Å²) in [6.07, 6.45) is 3.87. The first-order valence-corrected chi connectivity index (χ1v) is 10.7. The molecule has 0 unspecified atom stereocenters. The van der Waals surface area contributed by atoms with Crippen LogP contribution in [0.5, 0.6) is 0 Å². The van der Waals surface area contributed by atoms with Crippen LogP contribution in [0, 0.1) is 6.92 Å². The van der Waals surface area contributed by atoms with Crippen molar-refractivity contribution in [1.82, 2.24) is 18.8 Å². The molecule has 2 aromatic heterocycles. The topological polar surface area (TPSA) is 71.3 Å². The normalized spacial score (nSPS) is 15.7. The lowest BCUT2D eigenvalue weighted by molar-refractivity contribution is 0.383. The Hall–Kier alpha value is -2.42. The van der Waals surface area contributed by atoms with Crippen LogP contribution < -0.4 is 4.90 Å². The molecule has 1 aliphatic heterocycles. The first-order chi connectivity index (χ1) is 13.4. The van der Waals surface area contributed by atoms with Gasteiger partial charge >= 0.3 is 0 Å². The van der Waals surface area contributed by atoms with Crippen molar-refractivity contribution in [3.05, 3.63) is 65.7 Å². The molecule has 1 saturated heterocycles. The largest absolute Gasteiger partial charge is 0.354 e. The van der Waals surface area contributed by atoms with Gasteiger partial charge in [-0.25, -0.2) is 18.4 Å². The fourth-order valence-electron chi connectivity index (χ4n) is 3.23. The van der Waals surface area contributed by atoms with E-state index in [0.717, 1.165) is 11.6 Å². The Balaban J connectivity index is 1.51. The van der Waals surface area contributed by atoms with Crippen molar-refractivity contribution in [3.8, 4) is 5.82 Å². The van der Waals surface area contributed by atoms with Gasteiger partial charge in [0, 0.05) is 49.7 Å². The molecule has 1 aromatic carbocycles. The highest BCUT2D eigenvalue weighted by Gasteiger charge is 2.29. The van der Waals surface area contributed by atoms with Crippen molar-refractivity contribution >= 4 is 27.4 Å². The van der Waals surface area contributed by atoms with E-state index in [4.69, 9.17) is 11.6 Å². The Bertz CT molecular complexity index is 1060. The van der Waals surface area contributed by atoms with E-state index in [-0.39, 0.29) is 4.90 Å². The van der Waals surface area contributed by atoms with E-state index in [1.54, 1.807) is 24.3 Å². The Morgan fingerprint density at radius 1 is 0.929 bits per heavy atom. The summed E-state index contributed by atoms with van der Waals surface area (Å²) in [6, 6.07) is 12.1. The first kappa shape index (κ1) is 18.9. The van der Waals surface area contributed by atoms with E-state index < -0.39 is 10.0 Å². The maximum absolute atomic E-state index is 12.8. The van der Waals surface area contributed by atoms with Gasteiger partial charge in [-0.2, -0.15) is 4.31 Å². The minimum atomic E-state index is -3.53. The van der Waals surface area contributed by atoms with Crippen LogP contribution in [0.25, 0.3) is 5.82 Å². The Morgan fingerprint density at radius 3 is 2.18 bits per heavy atom. The standard InChI is InChI=1S/C19H20ClN5O2S/c1-15-21-18(23-8-2-3-9-23)14-19(22-15)24-10-12-25(13-11-24)28(26,27)17-6-4-16(20)5-7-17/h2-9,14H,10-13H2,1H3. The van der Waals surface area contributed by atoms with Gasteiger partial charge in [0.25, 0.3) is 0 Å². The fraction of sp³-hybridized carbons (Fsp3) is 0.263. The molecule has 0 amide bonds. The summed E-state index contributed by atoms with van der Waals surface area (Å²) < 4.78 is 29.1. The summed E-state index contributed by atoms with van der Waals surface area (Å²) in [7, 11) is -3.53. The molecule has 1 aliphatic rings. The lowest BCUT2D eigenvalue weighted by Gasteiger charge is -2.34. The lowest BCUT2D eigenvalue weighted by atomic mass is 10.3. The van der Waals surface area contributed by atoms with Crippen LogP contribution in [-0.2, 0) is 10.0 Å². The third-order valence-electron chi connectivity index (χ3n) is 4.69. The Kier molecular flexibility index (Phi) is 5.09. The summed E-state index contributed by atoms with van der Waals surface area (Å²) in [5, 5.41) is 0.515. The molecule has 7 nitrogen and oxygen atoms in total. The van der Waals surface area contributed by atoms with Gasteiger partial charge in [-0.05, 0) is 43.3 Å². The molecule has 0 spiro atoms. The van der Waals surface area contributed by atoms with Crippen molar-refractivity contribution in [1.29, 1.82) is 0 Å². The number of aryl methyl sites for hydroxylation is 1. The highest BCUT2D eigenvalue weighted by atomic mass is 35.5. The number of anilines is 1. The highest BCUT2D eigenvalue weighted by molar-refractivity contribution is 7.89. The number of hydrogen-bond donors (Lipinski definition) is 0. The van der Waals surface area contributed by atoms with E-state index in [0.29, 0.717) is 37.0 Å². The summed E-state index contributed by atoms with van der Waals surface area (Å²) in [5.41, 5.74) is 0. The van der Waals surface area contributed by atoms with Crippen LogP contribution in [0.3, 0.4) is 0 Å². The second-order valence-electron chi connectivity index (χ2n) is 6.57. The number of aromatic nitrogens is 3. The zero-order valence-electron chi connectivity index (χ0n) is 15.4. The maximum atomic E-state index is 12.8. The number of rotatable bonds is 4. The van der Waals surface area contributed by atoms with Gasteiger partial charge in [-0.3, -0.25) is 0 Å². The van der Waals surface area contributed by atoms with E-state index in [1.165, 1.54) is 4.31 Å². The van der Waals surface area contributed by atoms with Gasteiger partial charge in [0.05, 0.1) is 4.90 Å². The van der Waals surface area contributed by atoms with Gasteiger partial charge in [-0.15, -0.1) is 0 Å². The molecule has 28 heavy (non-hydrogen) atoms. The van der Waals surface area contributed by atoms with Crippen molar-refractivity contribution in [2.45, 2.75) is 11.8 Å². The smallest absolute Gasteiger partial charge is 0.243 e. The van der Waals surface area contributed by atoms with Crippen molar-refractivity contribution < 1.29 is 8.42 Å². The third-order valence-corrected chi connectivity index (χ3v) is 6.86. The molecule has 0 radical (unpaired) electrons. The first-order valence-electron chi connectivity index (χ1n) is 8.93. The fourth-order valence-corrected chi connectivity index (χ4v) is 4.78. The molecule has 0 saturated carbocycles. The number of halogens is 1. The minimum absolute atomic E-state index is 0.262. The van der Waals surface area contributed by atoms with E-state index in [9.17, 15) is 8.42 Å². The minimum Gasteiger partial charge on any atom is -0.354 e.